The van der Waals surface area contributed by atoms with Crippen molar-refractivity contribution in [2.24, 2.45) is 11.7 Å². The highest BCUT2D eigenvalue weighted by molar-refractivity contribution is 5.52. The van der Waals surface area contributed by atoms with Gasteiger partial charge in [0.1, 0.15) is 0 Å². The Labute approximate surface area is 111 Å². The third-order valence-electron chi connectivity index (χ3n) is 3.98. The lowest BCUT2D eigenvalue weighted by Crippen LogP contribution is -2.26. The first-order valence-electron chi connectivity index (χ1n) is 7.09. The zero-order valence-corrected chi connectivity index (χ0v) is 12.1. The third-order valence-corrected chi connectivity index (χ3v) is 3.98. The van der Waals surface area contributed by atoms with E-state index in [9.17, 15) is 0 Å². The van der Waals surface area contributed by atoms with Crippen LogP contribution < -0.4 is 10.6 Å². The molecule has 2 nitrogen and oxygen atoms in total. The van der Waals surface area contributed by atoms with Gasteiger partial charge >= 0.3 is 0 Å². The zero-order valence-electron chi connectivity index (χ0n) is 12.1. The molecule has 0 aliphatic carbocycles. The van der Waals surface area contributed by atoms with Gasteiger partial charge in [-0.25, -0.2) is 0 Å². The van der Waals surface area contributed by atoms with Gasteiger partial charge in [0.05, 0.1) is 0 Å². The van der Waals surface area contributed by atoms with Gasteiger partial charge in [0.2, 0.25) is 0 Å². The molecule has 0 spiro atoms. The summed E-state index contributed by atoms with van der Waals surface area (Å²) in [5.41, 5.74) is 10.0. The minimum atomic E-state index is 0.236. The fourth-order valence-corrected chi connectivity index (χ4v) is 3.09. The third kappa shape index (κ3) is 2.86. The number of nitrogens with zero attached hydrogens (tertiary/aromatic N) is 1. The normalized spacial score (nSPS) is 25.5. The second kappa shape index (κ2) is 5.31. The van der Waals surface area contributed by atoms with Crippen LogP contribution in [0.3, 0.4) is 0 Å². The lowest BCUT2D eigenvalue weighted by atomic mass is 10.0. The van der Waals surface area contributed by atoms with Gasteiger partial charge in [-0.3, -0.25) is 0 Å². The van der Waals surface area contributed by atoms with Crippen LogP contribution in [0, 0.1) is 12.8 Å². The van der Waals surface area contributed by atoms with Crippen molar-refractivity contribution in [3.05, 3.63) is 29.3 Å². The number of nitrogens with two attached hydrogens (primary N) is 1. The molecule has 0 amide bonds. The second-order valence-corrected chi connectivity index (χ2v) is 6.13. The fraction of sp³-hybridized carbons (Fsp3) is 0.625. The average Bonchev–Trinajstić information content (AvgIpc) is 2.60. The molecule has 3 atom stereocenters. The molecule has 1 aliphatic rings. The van der Waals surface area contributed by atoms with Gasteiger partial charge < -0.3 is 10.6 Å². The van der Waals surface area contributed by atoms with Gasteiger partial charge in [-0.05, 0) is 62.8 Å². The molecule has 18 heavy (non-hydrogen) atoms. The Morgan fingerprint density at radius 3 is 2.61 bits per heavy atom. The predicted octanol–water partition coefficient (Wildman–Crippen LogP) is 3.12. The highest BCUT2D eigenvalue weighted by Gasteiger charge is 2.26. The van der Waals surface area contributed by atoms with Crippen LogP contribution in [0.15, 0.2) is 18.2 Å². The molecular weight excluding hydrogens is 220 g/mol. The predicted molar refractivity (Wildman–Crippen MR) is 79.1 cm³/mol. The van der Waals surface area contributed by atoms with E-state index in [0.29, 0.717) is 6.04 Å². The van der Waals surface area contributed by atoms with Crippen LogP contribution in [0.1, 0.15) is 38.3 Å². The van der Waals surface area contributed by atoms with E-state index in [-0.39, 0.29) is 6.04 Å². The van der Waals surface area contributed by atoms with E-state index >= 15 is 0 Å². The lowest BCUT2D eigenvalue weighted by Gasteiger charge is -2.25. The highest BCUT2D eigenvalue weighted by Crippen LogP contribution is 2.30. The summed E-state index contributed by atoms with van der Waals surface area (Å²) >= 11 is 0. The Hall–Kier alpha value is -1.02. The van der Waals surface area contributed by atoms with Crippen LogP contribution in [0.2, 0.25) is 0 Å². The minimum absolute atomic E-state index is 0.236. The molecule has 0 saturated carbocycles. The molecule has 3 unspecified atom stereocenters. The van der Waals surface area contributed by atoms with Crippen LogP contribution in [-0.2, 0) is 6.42 Å². The summed E-state index contributed by atoms with van der Waals surface area (Å²) < 4.78 is 0. The van der Waals surface area contributed by atoms with Crippen LogP contribution in [0.25, 0.3) is 0 Å². The summed E-state index contributed by atoms with van der Waals surface area (Å²) in [5.74, 6) is 0.809. The van der Waals surface area contributed by atoms with E-state index in [1.807, 2.05) is 0 Å². The summed E-state index contributed by atoms with van der Waals surface area (Å²) in [6.45, 7) is 10.1. The lowest BCUT2D eigenvalue weighted by molar-refractivity contribution is 0.625. The summed E-state index contributed by atoms with van der Waals surface area (Å²) in [7, 11) is 0. The molecule has 0 radical (unpaired) electrons. The molecule has 1 fully saturated rings. The number of anilines is 1. The van der Waals surface area contributed by atoms with Gasteiger partial charge in [0.25, 0.3) is 0 Å². The van der Waals surface area contributed by atoms with Crippen LogP contribution in [0.4, 0.5) is 5.69 Å². The Kier molecular flexibility index (Phi) is 3.96. The van der Waals surface area contributed by atoms with E-state index in [2.05, 4.69) is 50.8 Å². The molecule has 100 valence electrons. The summed E-state index contributed by atoms with van der Waals surface area (Å²) in [5, 5.41) is 0. The molecule has 2 rings (SSSR count). The van der Waals surface area contributed by atoms with Gasteiger partial charge in [-0.15, -0.1) is 0 Å². The Balaban J connectivity index is 2.18. The number of hydrogen-bond acceptors (Lipinski definition) is 2. The summed E-state index contributed by atoms with van der Waals surface area (Å²) in [4.78, 5) is 2.54. The van der Waals surface area contributed by atoms with Crippen LogP contribution in [-0.4, -0.2) is 18.6 Å². The smallest absolute Gasteiger partial charge is 0.0371 e. The fourth-order valence-electron chi connectivity index (χ4n) is 3.09. The van der Waals surface area contributed by atoms with Crippen molar-refractivity contribution >= 4 is 5.69 Å². The molecule has 0 aromatic heterocycles. The van der Waals surface area contributed by atoms with Crippen LogP contribution in [0.5, 0.6) is 0 Å². The molecule has 1 saturated heterocycles. The molecule has 2 N–H and O–H groups in total. The van der Waals surface area contributed by atoms with Crippen molar-refractivity contribution in [1.29, 1.82) is 0 Å². The summed E-state index contributed by atoms with van der Waals surface area (Å²) in [6, 6.07) is 7.74. The Morgan fingerprint density at radius 1 is 1.39 bits per heavy atom. The minimum Gasteiger partial charge on any atom is -0.369 e. The van der Waals surface area contributed by atoms with Gasteiger partial charge in [0.15, 0.2) is 0 Å². The molecule has 1 aromatic carbocycles. The SMILES string of the molecule is Cc1cc(N2CC(C)CC2C)ccc1CC(C)N. The molecule has 1 aliphatic heterocycles. The molecule has 0 bridgehead atoms. The number of benzene rings is 1. The first kappa shape index (κ1) is 13.4. The van der Waals surface area contributed by atoms with Crippen molar-refractivity contribution in [1.82, 2.24) is 0 Å². The summed E-state index contributed by atoms with van der Waals surface area (Å²) in [6.07, 6.45) is 2.28. The van der Waals surface area contributed by atoms with E-state index in [4.69, 9.17) is 5.73 Å². The Bertz CT molecular complexity index is 412. The quantitative estimate of drug-likeness (QED) is 0.888. The highest BCUT2D eigenvalue weighted by atomic mass is 15.2. The van der Waals surface area contributed by atoms with E-state index < -0.39 is 0 Å². The monoisotopic (exact) mass is 246 g/mol. The van der Waals surface area contributed by atoms with Gasteiger partial charge in [-0.1, -0.05) is 13.0 Å². The molecule has 1 aromatic rings. The standard InChI is InChI=1S/C16H26N2/c1-11-7-14(4)18(10-11)16-6-5-15(9-13(3)17)12(2)8-16/h5-6,8,11,13-14H,7,9-10,17H2,1-4H3. The second-order valence-electron chi connectivity index (χ2n) is 6.13. The number of rotatable bonds is 3. The maximum absolute atomic E-state index is 5.88. The van der Waals surface area contributed by atoms with E-state index in [1.54, 1.807) is 0 Å². The van der Waals surface area contributed by atoms with Crippen molar-refractivity contribution in [2.45, 2.75) is 52.6 Å². The first-order valence-corrected chi connectivity index (χ1v) is 7.09. The largest absolute Gasteiger partial charge is 0.369 e. The number of hydrogen-bond donors (Lipinski definition) is 1. The van der Waals surface area contributed by atoms with E-state index in [0.717, 1.165) is 12.3 Å². The maximum Gasteiger partial charge on any atom is 0.0371 e. The van der Waals surface area contributed by atoms with Crippen molar-refractivity contribution in [3.63, 3.8) is 0 Å². The van der Waals surface area contributed by atoms with E-state index in [1.165, 1.54) is 29.8 Å². The Morgan fingerprint density at radius 2 is 2.11 bits per heavy atom. The average molecular weight is 246 g/mol. The molecule has 1 heterocycles. The molecular formula is C16H26N2. The maximum atomic E-state index is 5.88. The van der Waals surface area contributed by atoms with Crippen molar-refractivity contribution < 1.29 is 0 Å². The van der Waals surface area contributed by atoms with Gasteiger partial charge in [0, 0.05) is 24.3 Å². The topological polar surface area (TPSA) is 29.3 Å². The number of aryl methyl sites for hydroxylation is 1. The van der Waals surface area contributed by atoms with Gasteiger partial charge in [-0.2, -0.15) is 0 Å². The van der Waals surface area contributed by atoms with Crippen LogP contribution >= 0.6 is 0 Å². The molecule has 2 heteroatoms. The van der Waals surface area contributed by atoms with Crippen molar-refractivity contribution in [2.75, 3.05) is 11.4 Å². The zero-order chi connectivity index (χ0) is 13.3. The van der Waals surface area contributed by atoms with Crippen molar-refractivity contribution in [3.8, 4) is 0 Å². The first-order chi connectivity index (χ1) is 8.47.